The molecule has 0 spiro atoms. The zero-order valence-electron chi connectivity index (χ0n) is 73.3. The Labute approximate surface area is 765 Å². The molecule has 7 aliphatic rings. The van der Waals surface area contributed by atoms with Crippen LogP contribution in [0.15, 0.2) is 72.8 Å². The Bertz CT molecular complexity index is 4890. The van der Waals surface area contributed by atoms with E-state index in [-0.39, 0.29) is 90.5 Å². The predicted molar refractivity (Wildman–Crippen MR) is 465 cm³/mol. The molecule has 7 heterocycles. The van der Waals surface area contributed by atoms with Crippen LogP contribution in [0, 0.1) is 17.8 Å². The topological polar surface area (TPSA) is 617 Å². The van der Waals surface area contributed by atoms with Gasteiger partial charge in [0, 0.05) is 67.7 Å². The molecule has 2 fully saturated rings. The minimum Gasteiger partial charge on any atom is -0.507 e. The summed E-state index contributed by atoms with van der Waals surface area (Å²) < 4.78 is 45.0. The second-order valence-electron chi connectivity index (χ2n) is 34.6. The fourth-order valence-corrected chi connectivity index (χ4v) is 17.4. The van der Waals surface area contributed by atoms with Gasteiger partial charge in [-0.3, -0.25) is 47.9 Å². The van der Waals surface area contributed by atoms with E-state index in [1.807, 2.05) is 13.8 Å². The molecular formula is C91H119Cl2N7O31. The quantitative estimate of drug-likeness (QED) is 0.0194. The average Bonchev–Trinajstić information content (AvgIpc) is 0.756. The van der Waals surface area contributed by atoms with Crippen molar-refractivity contribution in [2.75, 3.05) is 19.8 Å². The Balaban J connectivity index is 1.15. The molecule has 38 nitrogen and oxygen atoms in total. The third-order valence-electron chi connectivity index (χ3n) is 24.4. The number of amides is 6. The van der Waals surface area contributed by atoms with Gasteiger partial charge in [-0.2, -0.15) is 0 Å². The number of hydrogen-bond donors (Lipinski definition) is 21. The molecule has 718 valence electrons. The van der Waals surface area contributed by atoms with E-state index in [4.69, 9.17) is 62.1 Å². The number of primary amides is 1. The third kappa shape index (κ3) is 25.4. The zero-order valence-corrected chi connectivity index (χ0v) is 74.8. The van der Waals surface area contributed by atoms with E-state index < -0.39 is 293 Å². The Morgan fingerprint density at radius 2 is 1.33 bits per heavy atom. The maximum Gasteiger partial charge on any atom is 0.295 e. The van der Waals surface area contributed by atoms with Crippen molar-refractivity contribution in [3.05, 3.63) is 116 Å². The highest BCUT2D eigenvalue weighted by Gasteiger charge is 2.53. The molecule has 22 N–H and O–H groups in total. The highest BCUT2D eigenvalue weighted by Crippen LogP contribution is 2.52. The van der Waals surface area contributed by atoms with Crippen LogP contribution in [0.2, 0.25) is 10.0 Å². The lowest BCUT2D eigenvalue weighted by Crippen LogP contribution is -2.66. The molecule has 0 saturated carbocycles. The number of phenols is 3. The number of fused-ring (bicyclic) bond motifs is 15. The molecule has 11 bridgehead atoms. The molecule has 22 atom stereocenters. The van der Waals surface area contributed by atoms with Crippen molar-refractivity contribution in [3.8, 4) is 57.1 Å². The normalized spacial score (nSPS) is 26.5. The van der Waals surface area contributed by atoms with Gasteiger partial charge in [-0.15, -0.1) is 0 Å². The molecular weight excluding hydrogens is 1760 g/mol. The van der Waals surface area contributed by atoms with Gasteiger partial charge >= 0.3 is 0 Å². The van der Waals surface area contributed by atoms with Gasteiger partial charge in [-0.05, 0) is 135 Å². The first-order chi connectivity index (χ1) is 62.2. The van der Waals surface area contributed by atoms with Gasteiger partial charge in [0.2, 0.25) is 53.7 Å². The number of aliphatic hydroxyl groups excluding tert-OH is 11. The predicted octanol–water partition coefficient (Wildman–Crippen LogP) is 4.52. The largest absolute Gasteiger partial charge is 0.507 e. The van der Waals surface area contributed by atoms with Crippen molar-refractivity contribution >= 4 is 82.5 Å². The number of nitrogens with two attached hydrogens (primary N) is 1. The number of Topliss-reactive ketones (excluding diaryl/α,β-unsaturated/α-hetero) is 3. The molecule has 0 aliphatic carbocycles. The Morgan fingerprint density at radius 3 is 1.94 bits per heavy atom. The second kappa shape index (κ2) is 46.7. The fourth-order valence-electron chi connectivity index (χ4n) is 16.9. The fraction of sp³-hybridized carbons (Fsp3) is 0.560. The summed E-state index contributed by atoms with van der Waals surface area (Å²) in [6, 6.07) is 6.87. The number of unbranched alkanes of at least 4 members (excludes halogenated alkanes) is 8. The van der Waals surface area contributed by atoms with Gasteiger partial charge in [-0.25, -0.2) is 0 Å². The van der Waals surface area contributed by atoms with Crippen molar-refractivity contribution in [2.24, 2.45) is 23.5 Å². The van der Waals surface area contributed by atoms with E-state index in [1.54, 1.807) is 13.8 Å². The maximum absolute atomic E-state index is 16.6. The van der Waals surface area contributed by atoms with Crippen LogP contribution in [0.3, 0.4) is 0 Å². The number of phenolic OH excluding ortho intramolecular Hbond substituents is 3. The standard InChI is InChI=1S/C91H119Cl2N7O31/c1-7-9-10-11-12-13-14-15-19-68(111)100-91(6)37-69(126-43(5)84(91)120)130-83-81(119)79(117)66(40-102)129-90(83)131-82-64-32-48-33-65(82)128-63-25-22-47(30-55(63)93)75(113)73-88(124)99-89(125-41-103)52-36-58(106)53(38-95-26-17-16-18-57(105)77(115)80(118)78(116)61(109)39-101)76(114)70(52)51-28-45(20-23-56(51)104)50(87(123)98-73)35-60(108)71(48)96-86(122)49(34-67(94)110)31-59(107)72(97-85(121)44(8-2)27-42(3)4)74(112)46-21-24-62(127-64)54(92)29-46/h20-25,28-30,32-33,36,41-44,49-50,61,66,69,71-75,77-81,83-84,89-90,95,101-102,104,106,109,112-120H,7-19,26-27,31,34-35,37-40H2,1-6H3,(H2,94,110)(H,96,122)(H,97,121)(H,98,123)(H,99,124)(H,100,111)/t43?,44-,49+,50+,61-,66-,69+,71-,72+,73+,74-,75-,77+,78-,79?,80-,81?,83-,84-,89-,90?,91?/m1/s1. The zero-order chi connectivity index (χ0) is 95.7. The molecule has 5 aromatic rings. The van der Waals surface area contributed by atoms with Crippen LogP contribution >= 0.6 is 23.2 Å². The minimum absolute atomic E-state index is 0.0123. The average molecular weight is 1880 g/mol. The molecule has 5 aromatic carbocycles. The van der Waals surface area contributed by atoms with E-state index in [0.717, 1.165) is 93.5 Å². The van der Waals surface area contributed by atoms with Crippen molar-refractivity contribution in [1.82, 2.24) is 31.9 Å². The highest BCUT2D eigenvalue weighted by atomic mass is 35.5. The number of ketones is 3. The summed E-state index contributed by atoms with van der Waals surface area (Å²) in [7, 11) is 0. The van der Waals surface area contributed by atoms with Crippen molar-refractivity contribution in [1.29, 1.82) is 0 Å². The number of benzene rings is 5. The SMILES string of the molecule is CCCCCCCCCCC(=O)NC1(C)C[C@H](O[C@H]2C(Oc3c4cc5cc3Oc3ccc(cc3Cl)[C@@H](O)[C@@H](NC(=O)[C@H](CC)CC(C)C)C(=O)C[C@@H](CC(N)=O)C(=O)N[C@H]5C(=O)C[C@@H]3C(=O)N[C@H](C(=O)N[C@H](OC=O)c5cc(O)c(CNCCCCC(=O)[C@H](O)[C@@H](O)[C@H](O)[C@H](O)CO)c(O)c5-c5cc3ccc5O)[C@H](O)c3ccc(c(Cl)c3)O4)O[C@H](CO)C(O)C2O)OC(C)[C@H]1O. The summed E-state index contributed by atoms with van der Waals surface area (Å²) in [6.07, 6.45) is -23.9. The lowest BCUT2D eigenvalue weighted by Gasteiger charge is -2.48. The monoisotopic (exact) mass is 1880 g/mol. The van der Waals surface area contributed by atoms with Gasteiger partial charge in [0.25, 0.3) is 6.47 Å². The summed E-state index contributed by atoms with van der Waals surface area (Å²) in [5.74, 6) is -19.3. The number of ether oxygens (including phenoxy) is 7. The second-order valence-corrected chi connectivity index (χ2v) is 35.4. The van der Waals surface area contributed by atoms with Crippen LogP contribution in [0.1, 0.15) is 221 Å². The van der Waals surface area contributed by atoms with Crippen LogP contribution in [0.4, 0.5) is 0 Å². The maximum atomic E-state index is 16.6. The summed E-state index contributed by atoms with van der Waals surface area (Å²) in [6.45, 7) is 8.03. The third-order valence-corrected chi connectivity index (χ3v) is 24.9. The number of carbonyl (C=O) groups is 10. The molecule has 2 saturated heterocycles. The number of nitrogens with one attached hydrogen (secondary N) is 6. The van der Waals surface area contributed by atoms with Crippen molar-refractivity contribution in [3.63, 3.8) is 0 Å². The number of aromatic hydroxyl groups is 3. The van der Waals surface area contributed by atoms with Crippen LogP contribution in [-0.4, -0.2) is 242 Å². The van der Waals surface area contributed by atoms with Crippen LogP contribution in [0.25, 0.3) is 11.1 Å². The molecule has 40 heteroatoms. The molecule has 6 amide bonds. The number of hydrogen-bond acceptors (Lipinski definition) is 32. The molecule has 7 aliphatic heterocycles. The van der Waals surface area contributed by atoms with E-state index in [9.17, 15) is 95.5 Å². The van der Waals surface area contributed by atoms with Gasteiger partial charge < -0.3 is 142 Å². The summed E-state index contributed by atoms with van der Waals surface area (Å²) >= 11 is 14.4. The number of aliphatic hydroxyl groups is 11. The van der Waals surface area contributed by atoms with E-state index in [1.165, 1.54) is 31.2 Å². The smallest absolute Gasteiger partial charge is 0.295 e. The minimum atomic E-state index is -2.28. The first-order valence-corrected chi connectivity index (χ1v) is 44.7. The van der Waals surface area contributed by atoms with Gasteiger partial charge in [-0.1, -0.05) is 114 Å². The lowest BCUT2D eigenvalue weighted by molar-refractivity contribution is -0.334. The molecule has 5 unspecified atom stereocenters. The number of carbonyl (C=O) groups excluding carboxylic acids is 10. The molecule has 0 radical (unpaired) electrons. The van der Waals surface area contributed by atoms with Crippen LogP contribution in [-0.2, 0) is 73.4 Å². The Kier molecular flexibility index (Phi) is 36.8. The Morgan fingerprint density at radius 1 is 0.695 bits per heavy atom. The molecule has 131 heavy (non-hydrogen) atoms. The van der Waals surface area contributed by atoms with Crippen molar-refractivity contribution < 1.29 is 153 Å². The summed E-state index contributed by atoms with van der Waals surface area (Å²) in [4.78, 5) is 146. The summed E-state index contributed by atoms with van der Waals surface area (Å²) in [5.41, 5.74) is 1.47. The van der Waals surface area contributed by atoms with Gasteiger partial charge in [0.05, 0.1) is 52.3 Å². The number of rotatable bonds is 36. The number of halogens is 2. The molecule has 0 aromatic heterocycles. The first-order valence-electron chi connectivity index (χ1n) is 43.9. The van der Waals surface area contributed by atoms with E-state index in [0.29, 0.717) is 12.8 Å². The van der Waals surface area contributed by atoms with E-state index >= 15 is 24.0 Å². The lowest BCUT2D eigenvalue weighted by atomic mass is 9.84. The Hall–Kier alpha value is -9.82. The van der Waals surface area contributed by atoms with Gasteiger partial charge in [0.15, 0.2) is 41.2 Å². The highest BCUT2D eigenvalue weighted by molar-refractivity contribution is 6.32. The first kappa shape index (κ1) is 103. The van der Waals surface area contributed by atoms with Crippen molar-refractivity contribution in [2.45, 2.75) is 285 Å². The van der Waals surface area contributed by atoms with E-state index in [2.05, 4.69) is 38.8 Å². The van der Waals surface area contributed by atoms with Crippen LogP contribution < -0.4 is 51.8 Å². The van der Waals surface area contributed by atoms with Crippen LogP contribution in [0.5, 0.6) is 46.0 Å². The molecule has 12 rings (SSSR count). The van der Waals surface area contributed by atoms with Gasteiger partial charge in [0.1, 0.15) is 108 Å². The summed E-state index contributed by atoms with van der Waals surface area (Å²) in [5, 5.41) is 174.